The Balaban J connectivity index is 1.31. The number of piperidine rings is 1. The van der Waals surface area contributed by atoms with Gasteiger partial charge in [-0.25, -0.2) is 12.7 Å². The second-order valence-electron chi connectivity index (χ2n) is 8.74. The molecule has 178 valence electrons. The average molecular weight is 473 g/mol. The number of ether oxygens (including phenoxy) is 2. The third-order valence-electron chi connectivity index (χ3n) is 6.28. The van der Waals surface area contributed by atoms with Crippen LogP contribution in [-0.2, 0) is 21.2 Å². The third kappa shape index (κ3) is 6.06. The summed E-state index contributed by atoms with van der Waals surface area (Å²) < 4.78 is 38.5. The van der Waals surface area contributed by atoms with Gasteiger partial charge in [-0.1, -0.05) is 36.4 Å². The Morgan fingerprint density at radius 1 is 1.12 bits per heavy atom. The van der Waals surface area contributed by atoms with Gasteiger partial charge in [-0.3, -0.25) is 4.79 Å². The maximum Gasteiger partial charge on any atom is 0.224 e. The Bertz CT molecular complexity index is 1060. The number of carbonyl (C=O) groups excluding carboxylic acids is 1. The molecule has 1 amide bonds. The van der Waals surface area contributed by atoms with Crippen LogP contribution >= 0.6 is 0 Å². The molecule has 1 saturated heterocycles. The van der Waals surface area contributed by atoms with Gasteiger partial charge >= 0.3 is 0 Å². The standard InChI is InChI=1S/C25H32N2O5S/c1-19(21-11-12-23-24(17-21)32-15-14-31-23)26-25(28)22-10-5-13-27(18-22)33(29,30)16-6-9-20-7-3-2-4-8-20/h2-4,7-8,11-12,17,19,22H,5-6,9-10,13-16,18H2,1H3,(H,26,28)/t19-,22+/m0/s1. The smallest absolute Gasteiger partial charge is 0.224 e. The van der Waals surface area contributed by atoms with E-state index < -0.39 is 10.0 Å². The van der Waals surface area contributed by atoms with Crippen LogP contribution in [0.15, 0.2) is 48.5 Å². The van der Waals surface area contributed by atoms with E-state index in [-0.39, 0.29) is 30.2 Å². The Kier molecular flexibility index (Phi) is 7.55. The summed E-state index contributed by atoms with van der Waals surface area (Å²) in [5.74, 6) is 1.04. The van der Waals surface area contributed by atoms with E-state index in [1.165, 1.54) is 4.31 Å². The van der Waals surface area contributed by atoms with Crippen molar-refractivity contribution in [3.05, 3.63) is 59.7 Å². The third-order valence-corrected chi connectivity index (χ3v) is 8.21. The van der Waals surface area contributed by atoms with Gasteiger partial charge in [-0.05, 0) is 55.9 Å². The van der Waals surface area contributed by atoms with E-state index in [1.807, 2.05) is 55.5 Å². The van der Waals surface area contributed by atoms with Crippen LogP contribution in [0.25, 0.3) is 0 Å². The van der Waals surface area contributed by atoms with E-state index in [1.54, 1.807) is 0 Å². The Morgan fingerprint density at radius 3 is 2.67 bits per heavy atom. The number of aryl methyl sites for hydroxylation is 1. The minimum atomic E-state index is -3.39. The van der Waals surface area contributed by atoms with E-state index >= 15 is 0 Å². The lowest BCUT2D eigenvalue weighted by molar-refractivity contribution is -0.126. The van der Waals surface area contributed by atoms with Gasteiger partial charge in [0.25, 0.3) is 0 Å². The first kappa shape index (κ1) is 23.6. The quantitative estimate of drug-likeness (QED) is 0.637. The number of nitrogens with zero attached hydrogens (tertiary/aromatic N) is 1. The fraction of sp³-hybridized carbons (Fsp3) is 0.480. The number of sulfonamides is 1. The molecule has 8 heteroatoms. The second-order valence-corrected chi connectivity index (χ2v) is 10.8. The zero-order chi connectivity index (χ0) is 23.3. The van der Waals surface area contributed by atoms with Gasteiger partial charge < -0.3 is 14.8 Å². The fourth-order valence-corrected chi connectivity index (χ4v) is 5.97. The van der Waals surface area contributed by atoms with Crippen molar-refractivity contribution in [1.82, 2.24) is 9.62 Å². The number of fused-ring (bicyclic) bond motifs is 1. The fourth-order valence-electron chi connectivity index (χ4n) is 4.39. The van der Waals surface area contributed by atoms with Crippen LogP contribution < -0.4 is 14.8 Å². The molecule has 4 rings (SSSR count). The van der Waals surface area contributed by atoms with Gasteiger partial charge in [0, 0.05) is 13.1 Å². The minimum absolute atomic E-state index is 0.101. The Morgan fingerprint density at radius 2 is 1.88 bits per heavy atom. The SMILES string of the molecule is C[C@H](NC(=O)[C@@H]1CCCN(S(=O)(=O)CCCc2ccccc2)C1)c1ccc2c(c1)OCCO2. The van der Waals surface area contributed by atoms with E-state index in [9.17, 15) is 13.2 Å². The van der Waals surface area contributed by atoms with Crippen LogP contribution in [0.1, 0.15) is 43.4 Å². The molecule has 0 saturated carbocycles. The molecule has 2 aromatic carbocycles. The summed E-state index contributed by atoms with van der Waals surface area (Å²) in [5, 5.41) is 3.05. The lowest BCUT2D eigenvalue weighted by Gasteiger charge is -2.32. The van der Waals surface area contributed by atoms with Gasteiger partial charge in [0.1, 0.15) is 13.2 Å². The van der Waals surface area contributed by atoms with Crippen molar-refractivity contribution in [2.45, 2.75) is 38.6 Å². The summed E-state index contributed by atoms with van der Waals surface area (Å²) in [6.45, 7) is 3.69. The lowest BCUT2D eigenvalue weighted by Crippen LogP contribution is -2.46. The number of carbonyl (C=O) groups is 1. The van der Waals surface area contributed by atoms with Crippen LogP contribution in [0.5, 0.6) is 11.5 Å². The molecular formula is C25H32N2O5S. The first-order valence-electron chi connectivity index (χ1n) is 11.6. The maximum absolute atomic E-state index is 13.0. The minimum Gasteiger partial charge on any atom is -0.486 e. The van der Waals surface area contributed by atoms with E-state index in [0.717, 1.165) is 17.5 Å². The number of nitrogens with one attached hydrogen (secondary N) is 1. The van der Waals surface area contributed by atoms with Gasteiger partial charge in [0.05, 0.1) is 17.7 Å². The zero-order valence-corrected chi connectivity index (χ0v) is 19.9. The summed E-state index contributed by atoms with van der Waals surface area (Å²) in [5.41, 5.74) is 2.06. The van der Waals surface area contributed by atoms with Crippen molar-refractivity contribution in [3.8, 4) is 11.5 Å². The van der Waals surface area contributed by atoms with Gasteiger partial charge in [0.2, 0.25) is 15.9 Å². The largest absolute Gasteiger partial charge is 0.486 e. The monoisotopic (exact) mass is 472 g/mol. The first-order chi connectivity index (χ1) is 15.9. The highest BCUT2D eigenvalue weighted by Gasteiger charge is 2.32. The average Bonchev–Trinajstić information content (AvgIpc) is 2.84. The summed E-state index contributed by atoms with van der Waals surface area (Å²) in [4.78, 5) is 13.0. The normalized spacial score (nSPS) is 19.6. The highest BCUT2D eigenvalue weighted by molar-refractivity contribution is 7.89. The number of hydrogen-bond donors (Lipinski definition) is 1. The molecule has 2 aromatic rings. The van der Waals surface area contributed by atoms with Crippen LogP contribution in [0.3, 0.4) is 0 Å². The molecule has 1 N–H and O–H groups in total. The molecule has 0 aliphatic carbocycles. The molecule has 7 nitrogen and oxygen atoms in total. The lowest BCUT2D eigenvalue weighted by atomic mass is 9.97. The molecule has 33 heavy (non-hydrogen) atoms. The van der Waals surface area contributed by atoms with E-state index in [2.05, 4.69) is 5.32 Å². The van der Waals surface area contributed by atoms with E-state index in [4.69, 9.17) is 9.47 Å². The van der Waals surface area contributed by atoms with Crippen molar-refractivity contribution in [1.29, 1.82) is 0 Å². The van der Waals surface area contributed by atoms with Gasteiger partial charge in [0.15, 0.2) is 11.5 Å². The highest BCUT2D eigenvalue weighted by atomic mass is 32.2. The molecule has 0 radical (unpaired) electrons. The molecule has 2 atom stereocenters. The number of benzene rings is 2. The van der Waals surface area contributed by atoms with Gasteiger partial charge in [-0.15, -0.1) is 0 Å². The summed E-state index contributed by atoms with van der Waals surface area (Å²) in [6.07, 6.45) is 2.68. The summed E-state index contributed by atoms with van der Waals surface area (Å²) in [7, 11) is -3.39. The molecule has 2 aliphatic rings. The molecule has 2 heterocycles. The Hall–Kier alpha value is -2.58. The van der Waals surface area contributed by atoms with Crippen molar-refractivity contribution in [3.63, 3.8) is 0 Å². The molecule has 0 bridgehead atoms. The maximum atomic E-state index is 13.0. The van der Waals surface area contributed by atoms with Crippen molar-refractivity contribution in [2.75, 3.05) is 32.1 Å². The van der Waals surface area contributed by atoms with Crippen molar-refractivity contribution < 1.29 is 22.7 Å². The highest BCUT2D eigenvalue weighted by Crippen LogP contribution is 2.32. The number of rotatable bonds is 8. The van der Waals surface area contributed by atoms with E-state index in [0.29, 0.717) is 50.5 Å². The topological polar surface area (TPSA) is 84.9 Å². The number of amides is 1. The van der Waals surface area contributed by atoms with Crippen LogP contribution in [0.4, 0.5) is 0 Å². The first-order valence-corrected chi connectivity index (χ1v) is 13.2. The van der Waals surface area contributed by atoms with Crippen LogP contribution in [-0.4, -0.2) is 50.7 Å². The molecule has 0 aromatic heterocycles. The molecular weight excluding hydrogens is 440 g/mol. The van der Waals surface area contributed by atoms with Crippen molar-refractivity contribution in [2.24, 2.45) is 5.92 Å². The van der Waals surface area contributed by atoms with Gasteiger partial charge in [-0.2, -0.15) is 0 Å². The predicted molar refractivity (Wildman–Crippen MR) is 127 cm³/mol. The van der Waals surface area contributed by atoms with Crippen molar-refractivity contribution >= 4 is 15.9 Å². The molecule has 2 aliphatic heterocycles. The molecule has 1 fully saturated rings. The summed E-state index contributed by atoms with van der Waals surface area (Å²) >= 11 is 0. The molecule has 0 spiro atoms. The Labute approximate surface area is 196 Å². The predicted octanol–water partition coefficient (Wildman–Crippen LogP) is 3.31. The van der Waals surface area contributed by atoms with Crippen LogP contribution in [0.2, 0.25) is 0 Å². The van der Waals surface area contributed by atoms with Crippen LogP contribution in [0, 0.1) is 5.92 Å². The molecule has 0 unspecified atom stereocenters. The summed E-state index contributed by atoms with van der Waals surface area (Å²) in [6, 6.07) is 15.4. The zero-order valence-electron chi connectivity index (χ0n) is 19.0. The number of hydrogen-bond acceptors (Lipinski definition) is 5. The second kappa shape index (κ2) is 10.6.